The van der Waals surface area contributed by atoms with E-state index in [1.54, 1.807) is 44.2 Å². The summed E-state index contributed by atoms with van der Waals surface area (Å²) in [5.41, 5.74) is 1.26. The van der Waals surface area contributed by atoms with Crippen LogP contribution in [-0.4, -0.2) is 35.1 Å². The SMILES string of the molecule is CCNC(=O)C(C)N(Cc1ccccc1F)C(=O)CSCc1ccc(F)cc1. The first-order valence-corrected chi connectivity index (χ1v) is 10.2. The molecule has 7 heteroatoms. The molecule has 1 atom stereocenters. The topological polar surface area (TPSA) is 49.4 Å². The summed E-state index contributed by atoms with van der Waals surface area (Å²) >= 11 is 1.37. The Hall–Kier alpha value is -2.41. The van der Waals surface area contributed by atoms with Crippen LogP contribution in [0.4, 0.5) is 8.78 Å². The van der Waals surface area contributed by atoms with Gasteiger partial charge in [0.05, 0.1) is 5.75 Å². The van der Waals surface area contributed by atoms with Crippen molar-refractivity contribution in [1.82, 2.24) is 10.2 Å². The molecular weight excluding hydrogens is 382 g/mol. The zero-order valence-electron chi connectivity index (χ0n) is 16.0. The van der Waals surface area contributed by atoms with Gasteiger partial charge in [0, 0.05) is 24.4 Å². The van der Waals surface area contributed by atoms with Crippen molar-refractivity contribution >= 4 is 23.6 Å². The third kappa shape index (κ3) is 6.34. The molecule has 0 aliphatic carbocycles. The fourth-order valence-corrected chi connectivity index (χ4v) is 3.51. The van der Waals surface area contributed by atoms with Crippen molar-refractivity contribution in [3.63, 3.8) is 0 Å². The minimum Gasteiger partial charge on any atom is -0.355 e. The van der Waals surface area contributed by atoms with Crippen LogP contribution in [0.1, 0.15) is 25.0 Å². The maximum absolute atomic E-state index is 14.1. The van der Waals surface area contributed by atoms with Gasteiger partial charge in [-0.3, -0.25) is 9.59 Å². The Labute approximate surface area is 168 Å². The van der Waals surface area contributed by atoms with Gasteiger partial charge < -0.3 is 10.2 Å². The smallest absolute Gasteiger partial charge is 0.242 e. The Kier molecular flexibility index (Phi) is 8.44. The highest BCUT2D eigenvalue weighted by molar-refractivity contribution is 7.99. The van der Waals surface area contributed by atoms with Crippen molar-refractivity contribution in [3.05, 3.63) is 71.3 Å². The van der Waals surface area contributed by atoms with Crippen molar-refractivity contribution in [2.75, 3.05) is 12.3 Å². The number of carbonyl (C=O) groups is 2. The Bertz CT molecular complexity index is 799. The Morgan fingerprint density at radius 2 is 1.79 bits per heavy atom. The fraction of sp³-hybridized carbons (Fsp3) is 0.333. The molecule has 0 aliphatic heterocycles. The molecule has 0 saturated carbocycles. The summed E-state index contributed by atoms with van der Waals surface area (Å²) in [6.07, 6.45) is 0. The second-order valence-electron chi connectivity index (χ2n) is 6.30. The Morgan fingerprint density at radius 3 is 2.43 bits per heavy atom. The molecule has 2 rings (SSSR count). The summed E-state index contributed by atoms with van der Waals surface area (Å²) < 4.78 is 27.0. The summed E-state index contributed by atoms with van der Waals surface area (Å²) in [6, 6.07) is 11.6. The number of benzene rings is 2. The monoisotopic (exact) mass is 406 g/mol. The van der Waals surface area contributed by atoms with Gasteiger partial charge >= 0.3 is 0 Å². The number of nitrogens with one attached hydrogen (secondary N) is 1. The number of halogens is 2. The third-order valence-electron chi connectivity index (χ3n) is 4.22. The predicted molar refractivity (Wildman–Crippen MR) is 108 cm³/mol. The van der Waals surface area contributed by atoms with Crippen molar-refractivity contribution < 1.29 is 18.4 Å². The molecule has 2 amide bonds. The third-order valence-corrected chi connectivity index (χ3v) is 5.21. The number of nitrogens with zero attached hydrogens (tertiary/aromatic N) is 1. The van der Waals surface area contributed by atoms with Gasteiger partial charge in [0.15, 0.2) is 0 Å². The zero-order valence-corrected chi connectivity index (χ0v) is 16.8. The highest BCUT2D eigenvalue weighted by Crippen LogP contribution is 2.17. The van der Waals surface area contributed by atoms with Crippen molar-refractivity contribution in [2.45, 2.75) is 32.2 Å². The van der Waals surface area contributed by atoms with Crippen molar-refractivity contribution in [1.29, 1.82) is 0 Å². The Balaban J connectivity index is 2.06. The summed E-state index contributed by atoms with van der Waals surface area (Å²) in [5.74, 6) is -0.589. The molecule has 28 heavy (non-hydrogen) atoms. The molecule has 1 unspecified atom stereocenters. The lowest BCUT2D eigenvalue weighted by molar-refractivity contribution is -0.138. The van der Waals surface area contributed by atoms with Gasteiger partial charge in [-0.1, -0.05) is 30.3 Å². The largest absolute Gasteiger partial charge is 0.355 e. The van der Waals surface area contributed by atoms with E-state index in [4.69, 9.17) is 0 Å². The lowest BCUT2D eigenvalue weighted by Gasteiger charge is -2.28. The van der Waals surface area contributed by atoms with Gasteiger partial charge in [-0.25, -0.2) is 8.78 Å². The molecule has 0 fully saturated rings. The van der Waals surface area contributed by atoms with Crippen LogP contribution in [0.5, 0.6) is 0 Å². The lowest BCUT2D eigenvalue weighted by atomic mass is 10.1. The first kappa shape index (κ1) is 21.9. The van der Waals surface area contributed by atoms with Crippen LogP contribution in [0.3, 0.4) is 0 Å². The number of hydrogen-bond acceptors (Lipinski definition) is 3. The zero-order chi connectivity index (χ0) is 20.5. The molecule has 2 aromatic rings. The number of hydrogen-bond donors (Lipinski definition) is 1. The summed E-state index contributed by atoms with van der Waals surface area (Å²) in [4.78, 5) is 26.4. The summed E-state index contributed by atoms with van der Waals surface area (Å²) in [5, 5.41) is 2.70. The van der Waals surface area contributed by atoms with E-state index in [0.29, 0.717) is 17.9 Å². The molecule has 0 saturated heterocycles. The number of likely N-dealkylation sites (N-methyl/N-ethyl adjacent to an activating group) is 1. The molecule has 0 aliphatic rings. The van der Waals surface area contributed by atoms with Crippen LogP contribution in [0.25, 0.3) is 0 Å². The molecule has 150 valence electrons. The van der Waals surface area contributed by atoms with Gasteiger partial charge in [0.1, 0.15) is 17.7 Å². The normalized spacial score (nSPS) is 11.7. The van der Waals surface area contributed by atoms with Gasteiger partial charge in [0.25, 0.3) is 0 Å². The lowest BCUT2D eigenvalue weighted by Crippen LogP contribution is -2.48. The highest BCUT2D eigenvalue weighted by Gasteiger charge is 2.26. The van der Waals surface area contributed by atoms with Crippen molar-refractivity contribution in [2.24, 2.45) is 0 Å². The molecule has 1 N–H and O–H groups in total. The van der Waals surface area contributed by atoms with E-state index in [1.807, 2.05) is 0 Å². The van der Waals surface area contributed by atoms with E-state index in [9.17, 15) is 18.4 Å². The van der Waals surface area contributed by atoms with Gasteiger partial charge in [-0.2, -0.15) is 0 Å². The van der Waals surface area contributed by atoms with E-state index in [-0.39, 0.29) is 29.9 Å². The van der Waals surface area contributed by atoms with Crippen LogP contribution >= 0.6 is 11.8 Å². The maximum Gasteiger partial charge on any atom is 0.242 e. The highest BCUT2D eigenvalue weighted by atomic mass is 32.2. The van der Waals surface area contributed by atoms with E-state index in [1.165, 1.54) is 34.9 Å². The van der Waals surface area contributed by atoms with Gasteiger partial charge in [-0.15, -0.1) is 11.8 Å². The van der Waals surface area contributed by atoms with Crippen LogP contribution < -0.4 is 5.32 Å². The standard InChI is InChI=1S/C21H24F2N2O2S/c1-3-24-21(27)15(2)25(12-17-6-4-5-7-19(17)23)20(26)14-28-13-16-8-10-18(22)11-9-16/h4-11,15H,3,12-14H2,1-2H3,(H,24,27). The molecule has 0 heterocycles. The quantitative estimate of drug-likeness (QED) is 0.690. The van der Waals surface area contributed by atoms with Crippen LogP contribution in [0, 0.1) is 11.6 Å². The van der Waals surface area contributed by atoms with E-state index in [0.717, 1.165) is 5.56 Å². The number of rotatable bonds is 9. The first-order chi connectivity index (χ1) is 13.4. The number of amides is 2. The second kappa shape index (κ2) is 10.8. The predicted octanol–water partition coefficient (Wildman–Crippen LogP) is 3.75. The molecule has 2 aromatic carbocycles. The molecule has 0 spiro atoms. The fourth-order valence-electron chi connectivity index (χ4n) is 2.63. The average molecular weight is 406 g/mol. The van der Waals surface area contributed by atoms with Crippen LogP contribution in [0.2, 0.25) is 0 Å². The minimum atomic E-state index is -0.724. The molecular formula is C21H24F2N2O2S. The van der Waals surface area contributed by atoms with E-state index < -0.39 is 11.9 Å². The van der Waals surface area contributed by atoms with Crippen molar-refractivity contribution in [3.8, 4) is 0 Å². The minimum absolute atomic E-state index is 0.0148. The first-order valence-electron chi connectivity index (χ1n) is 9.05. The Morgan fingerprint density at radius 1 is 1.11 bits per heavy atom. The van der Waals surface area contributed by atoms with Gasteiger partial charge in [-0.05, 0) is 37.6 Å². The average Bonchev–Trinajstić information content (AvgIpc) is 2.68. The maximum atomic E-state index is 14.1. The van der Waals surface area contributed by atoms with E-state index >= 15 is 0 Å². The molecule has 0 bridgehead atoms. The molecule has 0 aromatic heterocycles. The molecule has 0 radical (unpaired) electrons. The van der Waals surface area contributed by atoms with Gasteiger partial charge in [0.2, 0.25) is 11.8 Å². The van der Waals surface area contributed by atoms with Crippen LogP contribution in [-0.2, 0) is 21.9 Å². The van der Waals surface area contributed by atoms with E-state index in [2.05, 4.69) is 5.32 Å². The molecule has 4 nitrogen and oxygen atoms in total. The summed E-state index contributed by atoms with van der Waals surface area (Å²) in [6.45, 7) is 3.89. The van der Waals surface area contributed by atoms with Crippen LogP contribution in [0.15, 0.2) is 48.5 Å². The number of carbonyl (C=O) groups excluding carboxylic acids is 2. The summed E-state index contributed by atoms with van der Waals surface area (Å²) in [7, 11) is 0. The second-order valence-corrected chi connectivity index (χ2v) is 7.29. The number of thioether (sulfide) groups is 1.